The number of carbonyl (C=O) groups is 2. The van der Waals surface area contributed by atoms with E-state index in [0.29, 0.717) is 24.6 Å². The first-order chi connectivity index (χ1) is 12.6. The largest absolute Gasteiger partial charge is 0.497 e. The van der Waals surface area contributed by atoms with Crippen molar-refractivity contribution >= 4 is 23.2 Å². The number of carboxylic acids is 1. The second-order valence-corrected chi connectivity index (χ2v) is 7.23. The Morgan fingerprint density at radius 3 is 2.77 bits per heavy atom. The van der Waals surface area contributed by atoms with E-state index in [-0.39, 0.29) is 16.9 Å². The molecule has 0 aliphatic carbocycles. The van der Waals surface area contributed by atoms with E-state index < -0.39 is 5.97 Å². The minimum absolute atomic E-state index is 0.0171. The number of hydrogen-bond donors (Lipinski definition) is 1. The Morgan fingerprint density at radius 1 is 1.31 bits per heavy atom. The molecule has 1 saturated heterocycles. The quantitative estimate of drug-likeness (QED) is 0.804. The molecule has 0 spiro atoms. The molecule has 1 atom stereocenters. The van der Waals surface area contributed by atoms with Crippen LogP contribution >= 0.6 is 11.3 Å². The fraction of sp³-hybridized carbons (Fsp3) is 0.368. The number of aromatic carboxylic acids is 1. The number of carbonyl (C=O) groups excluding carboxylic acids is 1. The molecule has 1 N–H and O–H groups in total. The number of ether oxygens (including phenoxy) is 2. The molecule has 1 fully saturated rings. The number of amides is 1. The van der Waals surface area contributed by atoms with Gasteiger partial charge in [0.05, 0.1) is 18.1 Å². The fourth-order valence-corrected chi connectivity index (χ4v) is 3.78. The van der Waals surface area contributed by atoms with Gasteiger partial charge in [0.1, 0.15) is 10.6 Å². The lowest BCUT2D eigenvalue weighted by molar-refractivity contribution is 0.0511. The van der Waals surface area contributed by atoms with Gasteiger partial charge >= 0.3 is 5.97 Å². The maximum Gasteiger partial charge on any atom is 0.345 e. The average Bonchev–Trinajstić information content (AvgIpc) is 3.32. The van der Waals surface area contributed by atoms with Crippen LogP contribution in [0.15, 0.2) is 36.4 Å². The first kappa shape index (κ1) is 18.4. The molecule has 138 valence electrons. The minimum atomic E-state index is -1.02. The topological polar surface area (TPSA) is 76.1 Å². The minimum Gasteiger partial charge on any atom is -0.497 e. The molecule has 0 saturated carbocycles. The van der Waals surface area contributed by atoms with E-state index in [1.807, 2.05) is 24.3 Å². The number of methoxy groups -OCH3 is 1. The average molecular weight is 375 g/mol. The summed E-state index contributed by atoms with van der Waals surface area (Å²) in [4.78, 5) is 26.4. The highest BCUT2D eigenvalue weighted by Crippen LogP contribution is 2.23. The third kappa shape index (κ3) is 4.42. The molecular formula is C19H21NO5S. The lowest BCUT2D eigenvalue weighted by atomic mass is 10.1. The SMILES string of the molecule is COc1cccc(CN(CC2CCCO2)C(=O)c2ccc(C(=O)O)s2)c1. The molecule has 2 heterocycles. The van der Waals surface area contributed by atoms with Crippen LogP contribution in [0.3, 0.4) is 0 Å². The summed E-state index contributed by atoms with van der Waals surface area (Å²) in [6.07, 6.45) is 1.93. The Kier molecular flexibility index (Phi) is 5.90. The zero-order chi connectivity index (χ0) is 18.5. The summed E-state index contributed by atoms with van der Waals surface area (Å²) in [5, 5.41) is 9.09. The standard InChI is InChI=1S/C19H21NO5S/c1-24-14-5-2-4-13(10-14)11-20(12-15-6-3-9-25-15)18(21)16-7-8-17(26-16)19(22)23/h2,4-5,7-8,10,15H,3,6,9,11-12H2,1H3,(H,22,23). The lowest BCUT2D eigenvalue weighted by Gasteiger charge is -2.25. The van der Waals surface area contributed by atoms with Crippen LogP contribution in [-0.2, 0) is 11.3 Å². The van der Waals surface area contributed by atoms with E-state index in [2.05, 4.69) is 0 Å². The Labute approximate surface area is 156 Å². The van der Waals surface area contributed by atoms with Gasteiger partial charge in [0.25, 0.3) is 5.91 Å². The van der Waals surface area contributed by atoms with Crippen molar-refractivity contribution < 1.29 is 24.2 Å². The zero-order valence-corrected chi connectivity index (χ0v) is 15.3. The van der Waals surface area contributed by atoms with Crippen molar-refractivity contribution in [1.29, 1.82) is 0 Å². The number of thiophene rings is 1. The fourth-order valence-electron chi connectivity index (χ4n) is 2.97. The molecule has 2 aromatic rings. The van der Waals surface area contributed by atoms with Crippen LogP contribution in [0.1, 0.15) is 37.7 Å². The number of hydrogen-bond acceptors (Lipinski definition) is 5. The first-order valence-corrected chi connectivity index (χ1v) is 9.25. The van der Waals surface area contributed by atoms with Crippen LogP contribution in [0.5, 0.6) is 5.75 Å². The van der Waals surface area contributed by atoms with E-state index in [1.54, 1.807) is 18.1 Å². The molecule has 1 aliphatic rings. The smallest absolute Gasteiger partial charge is 0.345 e. The Hall–Kier alpha value is -2.38. The van der Waals surface area contributed by atoms with Crippen molar-refractivity contribution in [2.75, 3.05) is 20.3 Å². The third-order valence-electron chi connectivity index (χ3n) is 4.27. The normalized spacial score (nSPS) is 16.4. The van der Waals surface area contributed by atoms with Gasteiger partial charge in [-0.15, -0.1) is 11.3 Å². The van der Waals surface area contributed by atoms with Crippen molar-refractivity contribution in [2.45, 2.75) is 25.5 Å². The van der Waals surface area contributed by atoms with E-state index in [9.17, 15) is 9.59 Å². The summed E-state index contributed by atoms with van der Waals surface area (Å²) in [6, 6.07) is 10.6. The Morgan fingerprint density at radius 2 is 2.12 bits per heavy atom. The molecule has 6 nitrogen and oxygen atoms in total. The lowest BCUT2D eigenvalue weighted by Crippen LogP contribution is -2.36. The molecule has 3 rings (SSSR count). The van der Waals surface area contributed by atoms with Crippen LogP contribution in [0.25, 0.3) is 0 Å². The van der Waals surface area contributed by atoms with Gasteiger partial charge in [-0.2, -0.15) is 0 Å². The summed E-state index contributed by atoms with van der Waals surface area (Å²) >= 11 is 0.997. The molecule has 1 aliphatic heterocycles. The highest BCUT2D eigenvalue weighted by atomic mass is 32.1. The van der Waals surface area contributed by atoms with Gasteiger partial charge in [0, 0.05) is 19.7 Å². The Balaban J connectivity index is 1.81. The van der Waals surface area contributed by atoms with Gasteiger partial charge in [0.2, 0.25) is 0 Å². The van der Waals surface area contributed by atoms with Crippen LogP contribution in [0.2, 0.25) is 0 Å². The predicted octanol–water partition coefficient (Wildman–Crippen LogP) is 3.28. The zero-order valence-electron chi connectivity index (χ0n) is 14.5. The van der Waals surface area contributed by atoms with E-state index in [1.165, 1.54) is 6.07 Å². The van der Waals surface area contributed by atoms with Gasteiger partial charge < -0.3 is 19.5 Å². The number of benzene rings is 1. The second kappa shape index (κ2) is 8.33. The second-order valence-electron chi connectivity index (χ2n) is 6.14. The van der Waals surface area contributed by atoms with Gasteiger partial charge in [0.15, 0.2) is 0 Å². The molecule has 1 aromatic heterocycles. The van der Waals surface area contributed by atoms with E-state index in [0.717, 1.165) is 35.5 Å². The summed E-state index contributed by atoms with van der Waals surface area (Å²) in [5.74, 6) is -0.468. The maximum absolute atomic E-state index is 13.0. The summed E-state index contributed by atoms with van der Waals surface area (Å²) < 4.78 is 10.9. The predicted molar refractivity (Wildman–Crippen MR) is 98.0 cm³/mol. The monoisotopic (exact) mass is 375 g/mol. The number of nitrogens with zero attached hydrogens (tertiary/aromatic N) is 1. The molecule has 0 radical (unpaired) electrons. The van der Waals surface area contributed by atoms with Crippen LogP contribution in [-0.4, -0.2) is 48.2 Å². The first-order valence-electron chi connectivity index (χ1n) is 8.44. The molecule has 1 unspecified atom stereocenters. The van der Waals surface area contributed by atoms with E-state index in [4.69, 9.17) is 14.6 Å². The van der Waals surface area contributed by atoms with Gasteiger partial charge in [-0.05, 0) is 42.7 Å². The highest BCUT2D eigenvalue weighted by molar-refractivity contribution is 7.15. The molecule has 1 aromatic carbocycles. The van der Waals surface area contributed by atoms with Crippen molar-refractivity contribution in [1.82, 2.24) is 4.90 Å². The summed E-state index contributed by atoms with van der Waals surface area (Å²) in [7, 11) is 1.60. The summed E-state index contributed by atoms with van der Waals surface area (Å²) in [6.45, 7) is 1.61. The Bertz CT molecular complexity index is 782. The van der Waals surface area contributed by atoms with Crippen LogP contribution in [0.4, 0.5) is 0 Å². The molecule has 26 heavy (non-hydrogen) atoms. The molecule has 7 heteroatoms. The van der Waals surface area contributed by atoms with Crippen molar-refractivity contribution in [2.24, 2.45) is 0 Å². The van der Waals surface area contributed by atoms with Gasteiger partial charge in [-0.1, -0.05) is 12.1 Å². The molecule has 0 bridgehead atoms. The van der Waals surface area contributed by atoms with Gasteiger partial charge in [-0.3, -0.25) is 4.79 Å². The molecular weight excluding hydrogens is 354 g/mol. The maximum atomic E-state index is 13.0. The van der Waals surface area contributed by atoms with Crippen LogP contribution < -0.4 is 4.74 Å². The third-order valence-corrected chi connectivity index (χ3v) is 5.33. The number of rotatable bonds is 7. The van der Waals surface area contributed by atoms with Crippen molar-refractivity contribution in [3.63, 3.8) is 0 Å². The van der Waals surface area contributed by atoms with E-state index >= 15 is 0 Å². The van der Waals surface area contributed by atoms with Crippen LogP contribution in [0, 0.1) is 0 Å². The van der Waals surface area contributed by atoms with Crippen molar-refractivity contribution in [3.8, 4) is 5.75 Å². The van der Waals surface area contributed by atoms with Gasteiger partial charge in [-0.25, -0.2) is 4.79 Å². The summed E-state index contributed by atoms with van der Waals surface area (Å²) in [5.41, 5.74) is 0.950. The molecule has 1 amide bonds. The van der Waals surface area contributed by atoms with Crippen molar-refractivity contribution in [3.05, 3.63) is 51.7 Å². The number of carboxylic acid groups (broad SMARTS) is 1. The highest BCUT2D eigenvalue weighted by Gasteiger charge is 2.25.